The Bertz CT molecular complexity index is 327. The Kier molecular flexibility index (Phi) is 6.12. The maximum Gasteiger partial charge on any atom is 0.510 e. The summed E-state index contributed by atoms with van der Waals surface area (Å²) in [6, 6.07) is 0.525. The summed E-state index contributed by atoms with van der Waals surface area (Å²) in [5.41, 5.74) is -5.29. The third-order valence-corrected chi connectivity index (χ3v) is 8.56. The van der Waals surface area contributed by atoms with Crippen molar-refractivity contribution in [2.45, 2.75) is 44.8 Å². The summed E-state index contributed by atoms with van der Waals surface area (Å²) in [5.74, 6) is 0. The third-order valence-electron chi connectivity index (χ3n) is 2.35. The topological polar surface area (TPSA) is 55.4 Å². The van der Waals surface area contributed by atoms with Gasteiger partial charge in [0.15, 0.2) is 0 Å². The van der Waals surface area contributed by atoms with Crippen LogP contribution >= 0.6 is 0 Å². The van der Waals surface area contributed by atoms with Crippen LogP contribution in [0.15, 0.2) is 0 Å². The van der Waals surface area contributed by atoms with Gasteiger partial charge in [0.05, 0.1) is 0 Å². The molecule has 104 valence electrons. The van der Waals surface area contributed by atoms with Gasteiger partial charge in [-0.2, -0.15) is 13.2 Å². The maximum atomic E-state index is 12.3. The average Bonchev–Trinajstić information content (AvgIpc) is 2.22. The summed E-state index contributed by atoms with van der Waals surface area (Å²) in [7, 11) is -8.39. The van der Waals surface area contributed by atoms with Crippen molar-refractivity contribution in [1.82, 2.24) is 4.39 Å². The van der Waals surface area contributed by atoms with Gasteiger partial charge in [-0.25, -0.2) is 12.8 Å². The lowest BCUT2D eigenvalue weighted by Crippen LogP contribution is -2.57. The first-order valence-corrected chi connectivity index (χ1v) is 9.19. The first kappa shape index (κ1) is 16.9. The van der Waals surface area contributed by atoms with Gasteiger partial charge >= 0.3 is 15.5 Å². The molecule has 0 unspecified atom stereocenters. The predicted octanol–water partition coefficient (Wildman–Crippen LogP) is 2.33. The highest BCUT2D eigenvalue weighted by Crippen LogP contribution is 2.25. The summed E-state index contributed by atoms with van der Waals surface area (Å²) >= 11 is 0. The zero-order valence-corrected chi connectivity index (χ0v) is 11.9. The number of sulfonamides is 1. The summed E-state index contributed by atoms with van der Waals surface area (Å²) < 4.78 is 66.1. The molecule has 1 N–H and O–H groups in total. The van der Waals surface area contributed by atoms with Gasteiger partial charge in [0.2, 0.25) is 0 Å². The molecular formula is C8H18F3NO3SSi. The van der Waals surface area contributed by atoms with Crippen molar-refractivity contribution >= 4 is 18.5 Å². The van der Waals surface area contributed by atoms with Crippen LogP contribution < -0.4 is 4.39 Å². The summed E-state index contributed by atoms with van der Waals surface area (Å²) in [4.78, 5) is 0. The van der Waals surface area contributed by atoms with Crippen molar-refractivity contribution in [2.75, 3.05) is 6.61 Å². The first-order valence-electron chi connectivity index (χ1n) is 5.38. The monoisotopic (exact) mass is 293 g/mol. The molecule has 0 bridgehead atoms. The smallest absolute Gasteiger partial charge is 0.402 e. The second-order valence-corrected chi connectivity index (χ2v) is 9.58. The standard InChI is InChI=1S/C8H18F3NO3SSi/c1-4-7-15-17(5-2,6-3)12-16(13,14)8(9,10)11/h12H,4-7H2,1-3H3. The number of hydrogen-bond donors (Lipinski definition) is 1. The SMILES string of the molecule is CCCO[Si](CC)(CC)NS(=O)(=O)C(F)(F)F. The van der Waals surface area contributed by atoms with Crippen LogP contribution in [0.2, 0.25) is 12.1 Å². The summed E-state index contributed by atoms with van der Waals surface area (Å²) in [6.45, 7) is 5.32. The lowest BCUT2D eigenvalue weighted by molar-refractivity contribution is -0.0444. The third kappa shape index (κ3) is 4.57. The quantitative estimate of drug-likeness (QED) is 0.733. The molecule has 0 rings (SSSR count). The fourth-order valence-corrected chi connectivity index (χ4v) is 6.54. The molecule has 0 atom stereocenters. The van der Waals surface area contributed by atoms with Crippen LogP contribution in [-0.4, -0.2) is 29.0 Å². The highest BCUT2D eigenvalue weighted by molar-refractivity contribution is 7.91. The predicted molar refractivity (Wildman–Crippen MR) is 61.1 cm³/mol. The molecule has 0 amide bonds. The van der Waals surface area contributed by atoms with Crippen molar-refractivity contribution < 1.29 is 26.0 Å². The fraction of sp³-hybridized carbons (Fsp3) is 1.00. The van der Waals surface area contributed by atoms with Crippen LogP contribution in [0.1, 0.15) is 27.2 Å². The van der Waals surface area contributed by atoms with Crippen molar-refractivity contribution in [3.05, 3.63) is 0 Å². The molecule has 17 heavy (non-hydrogen) atoms. The van der Waals surface area contributed by atoms with Gasteiger partial charge in [-0.1, -0.05) is 20.8 Å². The van der Waals surface area contributed by atoms with Gasteiger partial charge in [0, 0.05) is 6.61 Å². The van der Waals surface area contributed by atoms with Gasteiger partial charge in [0.1, 0.15) is 0 Å². The van der Waals surface area contributed by atoms with Gasteiger partial charge < -0.3 is 4.43 Å². The number of hydrogen-bond acceptors (Lipinski definition) is 3. The van der Waals surface area contributed by atoms with Crippen molar-refractivity contribution in [2.24, 2.45) is 0 Å². The van der Waals surface area contributed by atoms with Gasteiger partial charge in [-0.05, 0) is 18.5 Å². The highest BCUT2D eigenvalue weighted by atomic mass is 32.2. The number of halogens is 3. The van der Waals surface area contributed by atoms with Crippen LogP contribution in [-0.2, 0) is 14.4 Å². The normalized spacial score (nSPS) is 14.0. The van der Waals surface area contributed by atoms with Crippen molar-refractivity contribution in [3.63, 3.8) is 0 Å². The molecular weight excluding hydrogens is 275 g/mol. The lowest BCUT2D eigenvalue weighted by Gasteiger charge is -2.29. The van der Waals surface area contributed by atoms with Gasteiger partial charge in [0.25, 0.3) is 8.48 Å². The van der Waals surface area contributed by atoms with Crippen LogP contribution in [0, 0.1) is 0 Å². The van der Waals surface area contributed by atoms with Crippen molar-refractivity contribution in [1.29, 1.82) is 0 Å². The molecule has 0 saturated carbocycles. The minimum atomic E-state index is -5.32. The molecule has 0 radical (unpaired) electrons. The fourth-order valence-electron chi connectivity index (χ4n) is 1.23. The van der Waals surface area contributed by atoms with E-state index in [0.717, 1.165) is 0 Å². The summed E-state index contributed by atoms with van der Waals surface area (Å²) in [6.07, 6.45) is 0.627. The Labute approximate surface area is 101 Å². The van der Waals surface area contributed by atoms with E-state index in [1.165, 1.54) is 0 Å². The van der Waals surface area contributed by atoms with Crippen molar-refractivity contribution in [3.8, 4) is 0 Å². The lowest BCUT2D eigenvalue weighted by atomic mass is 10.5. The second kappa shape index (κ2) is 6.16. The van der Waals surface area contributed by atoms with E-state index >= 15 is 0 Å². The van der Waals surface area contributed by atoms with Gasteiger partial charge in [-0.15, -0.1) is 0 Å². The Balaban J connectivity index is 5.00. The highest BCUT2D eigenvalue weighted by Gasteiger charge is 2.50. The molecule has 0 fully saturated rings. The zero-order valence-electron chi connectivity index (χ0n) is 10.1. The molecule has 0 aliphatic carbocycles. The van der Waals surface area contributed by atoms with Crippen LogP contribution in [0.3, 0.4) is 0 Å². The molecule has 0 heterocycles. The number of nitrogens with one attached hydrogen (secondary N) is 1. The molecule has 0 spiro atoms. The van der Waals surface area contributed by atoms with Crippen LogP contribution in [0.4, 0.5) is 13.2 Å². The largest absolute Gasteiger partial charge is 0.510 e. The Morgan fingerprint density at radius 3 is 1.94 bits per heavy atom. The van der Waals surface area contributed by atoms with Crippen LogP contribution in [0.25, 0.3) is 0 Å². The Hall–Kier alpha value is -0.123. The molecule has 0 aliphatic rings. The minimum Gasteiger partial charge on any atom is -0.402 e. The molecule has 0 aliphatic heterocycles. The average molecular weight is 293 g/mol. The Morgan fingerprint density at radius 2 is 1.65 bits per heavy atom. The van der Waals surface area contributed by atoms with E-state index in [0.29, 0.717) is 6.42 Å². The van der Waals surface area contributed by atoms with E-state index in [9.17, 15) is 21.6 Å². The van der Waals surface area contributed by atoms with E-state index in [1.54, 1.807) is 18.2 Å². The molecule has 0 aromatic heterocycles. The van der Waals surface area contributed by atoms with E-state index in [1.807, 2.05) is 6.92 Å². The van der Waals surface area contributed by atoms with Gasteiger partial charge in [-0.3, -0.25) is 0 Å². The molecule has 0 saturated heterocycles. The second-order valence-electron chi connectivity index (χ2n) is 3.60. The van der Waals surface area contributed by atoms with E-state index in [2.05, 4.69) is 0 Å². The van der Waals surface area contributed by atoms with E-state index in [-0.39, 0.29) is 18.7 Å². The first-order chi connectivity index (χ1) is 7.64. The zero-order chi connectivity index (χ0) is 13.7. The molecule has 4 nitrogen and oxygen atoms in total. The van der Waals surface area contributed by atoms with E-state index < -0.39 is 24.0 Å². The molecule has 0 aromatic carbocycles. The Morgan fingerprint density at radius 1 is 1.18 bits per heavy atom. The summed E-state index contributed by atoms with van der Waals surface area (Å²) in [5, 5.41) is 0. The number of alkyl halides is 3. The van der Waals surface area contributed by atoms with E-state index in [4.69, 9.17) is 4.43 Å². The van der Waals surface area contributed by atoms with Crippen LogP contribution in [0.5, 0.6) is 0 Å². The number of rotatable bonds is 7. The molecule has 9 heteroatoms. The maximum absolute atomic E-state index is 12.3. The molecule has 0 aromatic rings. The minimum absolute atomic E-state index is 0.258.